The summed E-state index contributed by atoms with van der Waals surface area (Å²) in [5.41, 5.74) is -0.516. The molecule has 1 aromatic heterocycles. The zero-order chi connectivity index (χ0) is 14.6. The van der Waals surface area contributed by atoms with Gasteiger partial charge in [0, 0.05) is 11.9 Å². The van der Waals surface area contributed by atoms with Crippen LogP contribution in [0.3, 0.4) is 0 Å². The topological polar surface area (TPSA) is 55.8 Å². The van der Waals surface area contributed by atoms with E-state index in [4.69, 9.17) is 4.74 Å². The minimum atomic E-state index is -0.516. The number of methoxy groups -OCH3 is 1. The van der Waals surface area contributed by atoms with Crippen LogP contribution in [-0.2, 0) is 16.0 Å². The summed E-state index contributed by atoms with van der Waals surface area (Å²) in [6.07, 6.45) is -0.388. The minimum absolute atomic E-state index is 0.365. The van der Waals surface area contributed by atoms with E-state index in [1.807, 2.05) is 20.8 Å². The maximum absolute atomic E-state index is 11.8. The van der Waals surface area contributed by atoms with Crippen LogP contribution in [0.15, 0.2) is 12.1 Å². The van der Waals surface area contributed by atoms with Gasteiger partial charge < -0.3 is 14.4 Å². The third-order valence-corrected chi connectivity index (χ3v) is 3.20. The largest absolute Gasteiger partial charge is 0.465 e. The summed E-state index contributed by atoms with van der Waals surface area (Å²) in [7, 11) is 3.00. The molecule has 0 saturated carbocycles. The van der Waals surface area contributed by atoms with Crippen molar-refractivity contribution in [1.82, 2.24) is 4.90 Å². The molecule has 0 aliphatic carbocycles. The molecule has 0 N–H and O–H groups in total. The van der Waals surface area contributed by atoms with Gasteiger partial charge in [-0.05, 0) is 32.9 Å². The summed E-state index contributed by atoms with van der Waals surface area (Å²) < 4.78 is 9.88. The molecule has 1 heterocycles. The predicted molar refractivity (Wildman–Crippen MR) is 73.4 cm³/mol. The van der Waals surface area contributed by atoms with Crippen molar-refractivity contribution in [1.29, 1.82) is 0 Å². The number of carbonyl (C=O) groups excluding carboxylic acids is 2. The van der Waals surface area contributed by atoms with E-state index in [9.17, 15) is 9.59 Å². The number of thiophene rings is 1. The lowest BCUT2D eigenvalue weighted by Crippen LogP contribution is -2.33. The second kappa shape index (κ2) is 6.06. The molecule has 1 amide bonds. The Bertz CT molecular complexity index is 461. The second-order valence-electron chi connectivity index (χ2n) is 5.09. The van der Waals surface area contributed by atoms with Crippen molar-refractivity contribution in [2.75, 3.05) is 14.2 Å². The highest BCUT2D eigenvalue weighted by atomic mass is 32.1. The number of hydrogen-bond donors (Lipinski definition) is 0. The van der Waals surface area contributed by atoms with Gasteiger partial charge in [0.25, 0.3) is 0 Å². The third-order valence-electron chi connectivity index (χ3n) is 2.15. The fourth-order valence-corrected chi connectivity index (χ4v) is 2.29. The number of esters is 1. The molecule has 0 radical (unpaired) electrons. The van der Waals surface area contributed by atoms with Crippen LogP contribution in [0.2, 0.25) is 0 Å². The van der Waals surface area contributed by atoms with Gasteiger partial charge in [-0.1, -0.05) is 0 Å². The van der Waals surface area contributed by atoms with Crippen molar-refractivity contribution in [3.63, 3.8) is 0 Å². The van der Waals surface area contributed by atoms with E-state index in [1.54, 1.807) is 19.2 Å². The van der Waals surface area contributed by atoms with Gasteiger partial charge in [-0.3, -0.25) is 0 Å². The summed E-state index contributed by atoms with van der Waals surface area (Å²) in [5, 5.41) is 0. The standard InChI is InChI=1S/C13H19NO4S/c1-13(2,3)18-12(16)14(4)8-9-6-7-10(19-9)11(15)17-5/h6-7H,8H2,1-5H3. The maximum atomic E-state index is 11.8. The molecule has 1 aromatic rings. The number of carbonyl (C=O) groups is 2. The number of rotatable bonds is 3. The second-order valence-corrected chi connectivity index (χ2v) is 6.26. The lowest BCUT2D eigenvalue weighted by molar-refractivity contribution is 0.0286. The van der Waals surface area contributed by atoms with Crippen LogP contribution in [0, 0.1) is 0 Å². The molecular formula is C13H19NO4S. The van der Waals surface area contributed by atoms with Gasteiger partial charge in [0.15, 0.2) is 0 Å². The van der Waals surface area contributed by atoms with Crippen LogP contribution >= 0.6 is 11.3 Å². The van der Waals surface area contributed by atoms with Crippen LogP contribution < -0.4 is 0 Å². The third kappa shape index (κ3) is 4.90. The van der Waals surface area contributed by atoms with E-state index < -0.39 is 5.60 Å². The monoisotopic (exact) mass is 285 g/mol. The van der Waals surface area contributed by atoms with E-state index >= 15 is 0 Å². The maximum Gasteiger partial charge on any atom is 0.410 e. The van der Waals surface area contributed by atoms with E-state index in [0.29, 0.717) is 11.4 Å². The summed E-state index contributed by atoms with van der Waals surface area (Å²) in [5.74, 6) is -0.365. The highest BCUT2D eigenvalue weighted by Gasteiger charge is 2.20. The Morgan fingerprint density at radius 3 is 2.47 bits per heavy atom. The predicted octanol–water partition coefficient (Wildman–Crippen LogP) is 2.90. The summed E-state index contributed by atoms with van der Waals surface area (Å²) in [6.45, 7) is 5.86. The Balaban J connectivity index is 2.62. The molecule has 0 bridgehead atoms. The van der Waals surface area contributed by atoms with Crippen LogP contribution in [-0.4, -0.2) is 36.7 Å². The van der Waals surface area contributed by atoms with Gasteiger partial charge in [-0.2, -0.15) is 0 Å². The normalized spacial score (nSPS) is 11.0. The van der Waals surface area contributed by atoms with Crippen molar-refractivity contribution in [3.8, 4) is 0 Å². The average Bonchev–Trinajstić information content (AvgIpc) is 2.74. The fourth-order valence-electron chi connectivity index (χ4n) is 1.31. The molecule has 0 saturated heterocycles. The van der Waals surface area contributed by atoms with E-state index in [1.165, 1.54) is 23.3 Å². The van der Waals surface area contributed by atoms with Gasteiger partial charge in [-0.25, -0.2) is 9.59 Å². The molecule has 1 rings (SSSR count). The van der Waals surface area contributed by atoms with Crippen LogP contribution in [0.5, 0.6) is 0 Å². The highest BCUT2D eigenvalue weighted by molar-refractivity contribution is 7.13. The first-order valence-electron chi connectivity index (χ1n) is 5.84. The first kappa shape index (κ1) is 15.5. The molecule has 0 aliphatic rings. The Morgan fingerprint density at radius 1 is 1.32 bits per heavy atom. The first-order valence-corrected chi connectivity index (χ1v) is 6.65. The number of hydrogen-bond acceptors (Lipinski definition) is 5. The molecule has 0 spiro atoms. The van der Waals surface area contributed by atoms with Crippen molar-refractivity contribution in [2.45, 2.75) is 32.9 Å². The SMILES string of the molecule is COC(=O)c1ccc(CN(C)C(=O)OC(C)(C)C)s1. The van der Waals surface area contributed by atoms with Gasteiger partial charge >= 0.3 is 12.1 Å². The van der Waals surface area contributed by atoms with Gasteiger partial charge in [0.1, 0.15) is 10.5 Å². The van der Waals surface area contributed by atoms with Crippen LogP contribution in [0.4, 0.5) is 4.79 Å². The lowest BCUT2D eigenvalue weighted by Gasteiger charge is -2.24. The summed E-state index contributed by atoms with van der Waals surface area (Å²) >= 11 is 1.31. The van der Waals surface area contributed by atoms with Gasteiger partial charge in [-0.15, -0.1) is 11.3 Å². The molecule has 0 unspecified atom stereocenters. The van der Waals surface area contributed by atoms with Crippen molar-refractivity contribution < 1.29 is 19.1 Å². The molecule has 106 valence electrons. The Labute approximate surface area is 117 Å². The molecule has 0 aromatic carbocycles. The summed E-state index contributed by atoms with van der Waals surface area (Å²) in [4.78, 5) is 26.0. The zero-order valence-electron chi connectivity index (χ0n) is 11.9. The van der Waals surface area contributed by atoms with Crippen molar-refractivity contribution in [2.24, 2.45) is 0 Å². The minimum Gasteiger partial charge on any atom is -0.465 e. The molecule has 19 heavy (non-hydrogen) atoms. The quantitative estimate of drug-likeness (QED) is 0.801. The molecule has 0 atom stereocenters. The van der Waals surface area contributed by atoms with Gasteiger partial charge in [0.05, 0.1) is 13.7 Å². The van der Waals surface area contributed by atoms with Crippen molar-refractivity contribution in [3.05, 3.63) is 21.9 Å². The molecular weight excluding hydrogens is 266 g/mol. The highest BCUT2D eigenvalue weighted by Crippen LogP contribution is 2.19. The van der Waals surface area contributed by atoms with Crippen LogP contribution in [0.1, 0.15) is 35.3 Å². The zero-order valence-corrected chi connectivity index (χ0v) is 12.7. The summed E-state index contributed by atoms with van der Waals surface area (Å²) in [6, 6.07) is 3.49. The smallest absolute Gasteiger partial charge is 0.410 e. The molecule has 5 nitrogen and oxygen atoms in total. The van der Waals surface area contributed by atoms with Gasteiger partial charge in [0.2, 0.25) is 0 Å². The van der Waals surface area contributed by atoms with E-state index in [0.717, 1.165) is 4.88 Å². The first-order chi connectivity index (χ1) is 8.73. The van der Waals surface area contributed by atoms with E-state index in [2.05, 4.69) is 4.74 Å². The molecule has 6 heteroatoms. The molecule has 0 fully saturated rings. The Hall–Kier alpha value is -1.56. The molecule has 0 aliphatic heterocycles. The van der Waals surface area contributed by atoms with E-state index in [-0.39, 0.29) is 12.1 Å². The average molecular weight is 285 g/mol. The number of nitrogens with zero attached hydrogens (tertiary/aromatic N) is 1. The Morgan fingerprint density at radius 2 is 1.95 bits per heavy atom. The Kier molecular flexibility index (Phi) is 4.94. The number of ether oxygens (including phenoxy) is 2. The fraction of sp³-hybridized carbons (Fsp3) is 0.538. The lowest BCUT2D eigenvalue weighted by atomic mass is 10.2. The number of amides is 1. The van der Waals surface area contributed by atoms with Crippen molar-refractivity contribution >= 4 is 23.4 Å². The van der Waals surface area contributed by atoms with Crippen LogP contribution in [0.25, 0.3) is 0 Å².